The lowest BCUT2D eigenvalue weighted by molar-refractivity contribution is -0.384. The fourth-order valence-electron chi connectivity index (χ4n) is 2.13. The van der Waals surface area contributed by atoms with Crippen LogP contribution in [0.15, 0.2) is 35.4 Å². The smallest absolute Gasteiger partial charge is 0.298 e. The van der Waals surface area contributed by atoms with E-state index in [0.717, 1.165) is 5.56 Å². The van der Waals surface area contributed by atoms with Gasteiger partial charge in [-0.2, -0.15) is 4.98 Å². The Labute approximate surface area is 113 Å². The largest absolute Gasteiger partial charge is 0.360 e. The molecule has 20 heavy (non-hydrogen) atoms. The van der Waals surface area contributed by atoms with Gasteiger partial charge >= 0.3 is 0 Å². The number of nitro groups is 1. The summed E-state index contributed by atoms with van der Waals surface area (Å²) in [6.07, 6.45) is 1.36. The van der Waals surface area contributed by atoms with E-state index in [1.807, 2.05) is 4.90 Å². The van der Waals surface area contributed by atoms with Crippen LogP contribution in [0.3, 0.4) is 0 Å². The predicted octanol–water partition coefficient (Wildman–Crippen LogP) is 1.07. The molecule has 0 aliphatic carbocycles. The molecule has 0 bridgehead atoms. The summed E-state index contributed by atoms with van der Waals surface area (Å²) in [4.78, 5) is 30.2. The highest BCUT2D eigenvalue weighted by molar-refractivity contribution is 5.69. The van der Waals surface area contributed by atoms with Crippen LogP contribution in [0.4, 0.5) is 17.2 Å². The van der Waals surface area contributed by atoms with Crippen molar-refractivity contribution in [2.45, 2.75) is 6.54 Å². The minimum absolute atomic E-state index is 0.0614. The highest BCUT2D eigenvalue weighted by Gasteiger charge is 2.22. The third kappa shape index (κ3) is 2.07. The van der Waals surface area contributed by atoms with Crippen LogP contribution in [-0.4, -0.2) is 21.6 Å². The summed E-state index contributed by atoms with van der Waals surface area (Å²) in [5, 5.41) is 13.6. The Hall–Kier alpha value is -2.90. The molecule has 0 unspecified atom stereocenters. The molecule has 3 rings (SSSR count). The first-order valence-electron chi connectivity index (χ1n) is 5.95. The van der Waals surface area contributed by atoms with E-state index < -0.39 is 4.92 Å². The number of non-ortho nitro benzene ring substituents is 1. The molecule has 1 aliphatic heterocycles. The first-order valence-corrected chi connectivity index (χ1v) is 5.95. The maximum Gasteiger partial charge on any atom is 0.298 e. The summed E-state index contributed by atoms with van der Waals surface area (Å²) in [6, 6.07) is 6.34. The predicted molar refractivity (Wildman–Crippen MR) is 72.6 cm³/mol. The molecule has 1 aromatic heterocycles. The molecule has 1 aliphatic rings. The van der Waals surface area contributed by atoms with E-state index in [2.05, 4.69) is 15.3 Å². The van der Waals surface area contributed by atoms with Gasteiger partial charge in [-0.15, -0.1) is 0 Å². The Morgan fingerprint density at radius 3 is 2.80 bits per heavy atom. The van der Waals surface area contributed by atoms with Crippen LogP contribution in [0.5, 0.6) is 0 Å². The minimum atomic E-state index is -0.431. The standard InChI is InChI=1S/C12H11N5O3/c18-12-10-11(13-6-14-12)16(7-15-10)5-8-1-3-9(4-2-8)17(19)20/h1-4,6,15H,5,7H2,(H,13,14,18). The number of fused-ring (bicyclic) bond motifs is 1. The first kappa shape index (κ1) is 12.2. The molecule has 8 heteroatoms. The van der Waals surface area contributed by atoms with Gasteiger partial charge in [0.15, 0.2) is 0 Å². The van der Waals surface area contributed by atoms with Gasteiger partial charge < -0.3 is 15.2 Å². The maximum atomic E-state index is 11.5. The molecule has 0 spiro atoms. The van der Waals surface area contributed by atoms with Gasteiger partial charge in [0.05, 0.1) is 17.9 Å². The van der Waals surface area contributed by atoms with Crippen molar-refractivity contribution in [1.29, 1.82) is 0 Å². The van der Waals surface area contributed by atoms with Crippen molar-refractivity contribution in [3.8, 4) is 0 Å². The molecular formula is C12H11N5O3. The number of aromatic amines is 1. The van der Waals surface area contributed by atoms with Crippen LogP contribution in [0.2, 0.25) is 0 Å². The van der Waals surface area contributed by atoms with Gasteiger partial charge in [0.25, 0.3) is 11.2 Å². The van der Waals surface area contributed by atoms with Crippen LogP contribution in [0.25, 0.3) is 0 Å². The monoisotopic (exact) mass is 273 g/mol. The number of nitro benzene ring substituents is 1. The van der Waals surface area contributed by atoms with E-state index in [9.17, 15) is 14.9 Å². The summed E-state index contributed by atoms with van der Waals surface area (Å²) in [6.45, 7) is 1.03. The Morgan fingerprint density at radius 1 is 1.35 bits per heavy atom. The number of rotatable bonds is 3. The van der Waals surface area contributed by atoms with Gasteiger partial charge in [0.2, 0.25) is 0 Å². The van der Waals surface area contributed by atoms with Crippen molar-refractivity contribution in [3.05, 3.63) is 56.6 Å². The van der Waals surface area contributed by atoms with Crippen LogP contribution >= 0.6 is 0 Å². The number of hydrogen-bond donors (Lipinski definition) is 2. The third-order valence-electron chi connectivity index (χ3n) is 3.12. The Kier molecular flexibility index (Phi) is 2.82. The summed E-state index contributed by atoms with van der Waals surface area (Å²) in [7, 11) is 0. The van der Waals surface area contributed by atoms with Gasteiger partial charge in [0.1, 0.15) is 11.5 Å². The number of H-pyrrole nitrogens is 1. The van der Waals surface area contributed by atoms with E-state index in [1.165, 1.54) is 18.5 Å². The Balaban J connectivity index is 1.82. The molecule has 2 aromatic rings. The Morgan fingerprint density at radius 2 is 2.10 bits per heavy atom. The number of benzene rings is 1. The molecule has 0 saturated carbocycles. The highest BCUT2D eigenvalue weighted by atomic mass is 16.6. The maximum absolute atomic E-state index is 11.5. The third-order valence-corrected chi connectivity index (χ3v) is 3.12. The SMILES string of the molecule is O=c1nc[nH]c2c1NCN2Cc1ccc([N+](=O)[O-])cc1. The summed E-state index contributed by atoms with van der Waals surface area (Å²) < 4.78 is 0. The second-order valence-electron chi connectivity index (χ2n) is 4.39. The van der Waals surface area contributed by atoms with E-state index in [-0.39, 0.29) is 11.2 Å². The molecular weight excluding hydrogens is 262 g/mol. The summed E-state index contributed by atoms with van der Waals surface area (Å²) in [5.41, 5.74) is 1.13. The van der Waals surface area contributed by atoms with Gasteiger partial charge in [-0.3, -0.25) is 14.9 Å². The summed E-state index contributed by atoms with van der Waals surface area (Å²) in [5.74, 6) is 0.684. The van der Waals surface area contributed by atoms with E-state index in [0.29, 0.717) is 24.7 Å². The molecule has 0 amide bonds. The number of hydrogen-bond acceptors (Lipinski definition) is 6. The zero-order chi connectivity index (χ0) is 14.1. The van der Waals surface area contributed by atoms with Crippen molar-refractivity contribution in [1.82, 2.24) is 9.97 Å². The van der Waals surface area contributed by atoms with E-state index in [4.69, 9.17) is 0 Å². The van der Waals surface area contributed by atoms with Crippen molar-refractivity contribution in [2.75, 3.05) is 16.9 Å². The Bertz CT molecular complexity index is 710. The van der Waals surface area contributed by atoms with Gasteiger partial charge in [-0.1, -0.05) is 12.1 Å². The average Bonchev–Trinajstić information content (AvgIpc) is 2.84. The molecule has 0 fully saturated rings. The number of aromatic nitrogens is 2. The second-order valence-corrected chi connectivity index (χ2v) is 4.39. The van der Waals surface area contributed by atoms with Crippen LogP contribution in [0.1, 0.15) is 5.56 Å². The molecule has 1 aromatic carbocycles. The average molecular weight is 273 g/mol. The lowest BCUT2D eigenvalue weighted by Crippen LogP contribution is -2.22. The van der Waals surface area contributed by atoms with Crippen molar-refractivity contribution < 1.29 is 4.92 Å². The topological polar surface area (TPSA) is 104 Å². The molecule has 0 atom stereocenters. The molecule has 0 radical (unpaired) electrons. The molecule has 102 valence electrons. The quantitative estimate of drug-likeness (QED) is 0.640. The fourth-order valence-corrected chi connectivity index (χ4v) is 2.13. The van der Waals surface area contributed by atoms with Crippen LogP contribution < -0.4 is 15.8 Å². The van der Waals surface area contributed by atoms with Gasteiger partial charge in [-0.05, 0) is 5.56 Å². The molecule has 2 heterocycles. The number of anilines is 2. The van der Waals surface area contributed by atoms with Crippen LogP contribution in [-0.2, 0) is 6.54 Å². The van der Waals surface area contributed by atoms with Gasteiger partial charge in [0, 0.05) is 18.7 Å². The van der Waals surface area contributed by atoms with E-state index >= 15 is 0 Å². The van der Waals surface area contributed by atoms with Crippen molar-refractivity contribution in [3.63, 3.8) is 0 Å². The number of nitrogens with one attached hydrogen (secondary N) is 2. The van der Waals surface area contributed by atoms with Crippen molar-refractivity contribution >= 4 is 17.2 Å². The zero-order valence-corrected chi connectivity index (χ0v) is 10.4. The number of nitrogens with zero attached hydrogens (tertiary/aromatic N) is 3. The highest BCUT2D eigenvalue weighted by Crippen LogP contribution is 2.26. The van der Waals surface area contributed by atoms with E-state index in [1.54, 1.807) is 12.1 Å². The fraction of sp³-hybridized carbons (Fsp3) is 0.167. The minimum Gasteiger partial charge on any atom is -0.360 e. The van der Waals surface area contributed by atoms with Crippen LogP contribution in [0, 0.1) is 10.1 Å². The first-order chi connectivity index (χ1) is 9.65. The molecule has 0 saturated heterocycles. The second kappa shape index (κ2) is 4.65. The molecule has 2 N–H and O–H groups in total. The summed E-state index contributed by atoms with van der Waals surface area (Å²) >= 11 is 0. The zero-order valence-electron chi connectivity index (χ0n) is 10.4. The normalized spacial score (nSPS) is 12.9. The van der Waals surface area contributed by atoms with Gasteiger partial charge in [-0.25, -0.2) is 0 Å². The lowest BCUT2D eigenvalue weighted by Gasteiger charge is -2.17. The van der Waals surface area contributed by atoms with Crippen molar-refractivity contribution in [2.24, 2.45) is 0 Å². The lowest BCUT2D eigenvalue weighted by atomic mass is 10.2. The molecule has 8 nitrogen and oxygen atoms in total.